The van der Waals surface area contributed by atoms with E-state index in [1.807, 2.05) is 30.3 Å². The normalized spacial score (nSPS) is 11.3. The summed E-state index contributed by atoms with van der Waals surface area (Å²) in [6.07, 6.45) is 10.9. The van der Waals surface area contributed by atoms with Gasteiger partial charge >= 0.3 is 11.9 Å². The smallest absolute Gasteiger partial charge is 0.310 e. The van der Waals surface area contributed by atoms with Crippen LogP contribution in [0.3, 0.4) is 0 Å². The van der Waals surface area contributed by atoms with Crippen molar-refractivity contribution in [2.45, 2.75) is 44.9 Å². The molecule has 0 radical (unpaired) electrons. The molecule has 0 aromatic heterocycles. The Morgan fingerprint density at radius 3 is 1.78 bits per heavy atom. The van der Waals surface area contributed by atoms with Crippen molar-refractivity contribution in [2.24, 2.45) is 0 Å². The van der Waals surface area contributed by atoms with Crippen LogP contribution in [-0.4, -0.2) is 25.2 Å². The highest BCUT2D eigenvalue weighted by Crippen LogP contribution is 2.33. The quantitative estimate of drug-likeness (QED) is 0.0822. The Morgan fingerprint density at radius 1 is 0.757 bits per heavy atom. The summed E-state index contributed by atoms with van der Waals surface area (Å²) >= 11 is 0. The van der Waals surface area contributed by atoms with Crippen LogP contribution < -0.4 is 9.47 Å². The van der Waals surface area contributed by atoms with E-state index in [9.17, 15) is 9.59 Å². The molecule has 0 aliphatic carbocycles. The SMILES string of the molecule is C=CCOc1ccc(C(C)(C)c2ccc(OC/C=C\C=C/OC(=O)CCCCC(=O)OC=C)cc2)cc1. The Labute approximate surface area is 219 Å². The van der Waals surface area contributed by atoms with Crippen molar-refractivity contribution in [3.05, 3.63) is 110 Å². The van der Waals surface area contributed by atoms with E-state index in [-0.39, 0.29) is 30.2 Å². The van der Waals surface area contributed by atoms with Crippen molar-refractivity contribution in [2.75, 3.05) is 13.2 Å². The lowest BCUT2D eigenvalue weighted by atomic mass is 9.78. The molecule has 0 heterocycles. The van der Waals surface area contributed by atoms with Crippen LogP contribution in [0, 0.1) is 0 Å². The van der Waals surface area contributed by atoms with Crippen LogP contribution in [0.25, 0.3) is 0 Å². The number of benzene rings is 2. The van der Waals surface area contributed by atoms with E-state index >= 15 is 0 Å². The summed E-state index contributed by atoms with van der Waals surface area (Å²) in [7, 11) is 0. The molecule has 0 saturated carbocycles. The van der Waals surface area contributed by atoms with Gasteiger partial charge in [-0.25, -0.2) is 0 Å². The number of esters is 2. The van der Waals surface area contributed by atoms with Crippen molar-refractivity contribution in [3.63, 3.8) is 0 Å². The van der Waals surface area contributed by atoms with Crippen LogP contribution in [0.4, 0.5) is 0 Å². The van der Waals surface area contributed by atoms with Gasteiger partial charge in [0.2, 0.25) is 0 Å². The van der Waals surface area contributed by atoms with Crippen molar-refractivity contribution in [1.29, 1.82) is 0 Å². The molecule has 2 aromatic carbocycles. The number of allylic oxidation sites excluding steroid dienone is 2. The number of unbranched alkanes of at least 4 members (excludes halogenated alkanes) is 1. The number of ether oxygens (including phenoxy) is 4. The summed E-state index contributed by atoms with van der Waals surface area (Å²) in [6, 6.07) is 16.2. The molecule has 0 atom stereocenters. The minimum atomic E-state index is -0.354. The van der Waals surface area contributed by atoms with Crippen molar-refractivity contribution in [3.8, 4) is 11.5 Å². The standard InChI is InChI=1S/C31H36O6/c1-5-22-35-27-18-14-25(15-19-27)31(3,4)26-16-20-28(21-17-26)36-23-10-7-11-24-37-30(33)13-9-8-12-29(32)34-6-2/h5-7,10-11,14-21,24H,1-2,8-9,12-13,22-23H2,3-4H3/b10-7-,24-11-. The highest BCUT2D eigenvalue weighted by atomic mass is 16.5. The number of hydrogen-bond acceptors (Lipinski definition) is 6. The molecule has 0 fully saturated rings. The van der Waals surface area contributed by atoms with E-state index in [0.717, 1.165) is 17.8 Å². The average Bonchev–Trinajstić information content (AvgIpc) is 2.90. The Morgan fingerprint density at radius 2 is 1.27 bits per heavy atom. The van der Waals surface area contributed by atoms with Crippen molar-refractivity contribution in [1.82, 2.24) is 0 Å². The Hall–Kier alpha value is -4.06. The zero-order valence-electron chi connectivity index (χ0n) is 21.7. The van der Waals surface area contributed by atoms with Crippen LogP contribution in [0.5, 0.6) is 11.5 Å². The lowest BCUT2D eigenvalue weighted by Crippen LogP contribution is -2.18. The highest BCUT2D eigenvalue weighted by Gasteiger charge is 2.23. The van der Waals surface area contributed by atoms with Gasteiger partial charge in [0, 0.05) is 18.3 Å². The zero-order chi connectivity index (χ0) is 26.9. The highest BCUT2D eigenvalue weighted by molar-refractivity contribution is 5.71. The molecule has 6 heteroatoms. The Bertz CT molecular complexity index is 1060. The Kier molecular flexibility index (Phi) is 12.5. The van der Waals surface area contributed by atoms with Gasteiger partial charge in [-0.15, -0.1) is 0 Å². The second-order valence-corrected chi connectivity index (χ2v) is 8.69. The van der Waals surface area contributed by atoms with Crippen LogP contribution >= 0.6 is 0 Å². The molecule has 0 unspecified atom stereocenters. The van der Waals surface area contributed by atoms with Crippen LogP contribution in [-0.2, 0) is 24.5 Å². The van der Waals surface area contributed by atoms with Gasteiger partial charge in [-0.1, -0.05) is 63.4 Å². The molecule has 0 saturated heterocycles. The molecular weight excluding hydrogens is 468 g/mol. The number of hydrogen-bond donors (Lipinski definition) is 0. The summed E-state index contributed by atoms with van der Waals surface area (Å²) in [4.78, 5) is 22.8. The molecule has 0 amide bonds. The van der Waals surface area contributed by atoms with Crippen molar-refractivity contribution < 1.29 is 28.5 Å². The van der Waals surface area contributed by atoms with Gasteiger partial charge < -0.3 is 18.9 Å². The van der Waals surface area contributed by atoms with Gasteiger partial charge in [-0.3, -0.25) is 9.59 Å². The van der Waals surface area contributed by atoms with E-state index in [1.165, 1.54) is 17.4 Å². The summed E-state index contributed by atoms with van der Waals surface area (Å²) < 4.78 is 21.0. The van der Waals surface area contributed by atoms with E-state index in [0.29, 0.717) is 26.1 Å². The fourth-order valence-corrected chi connectivity index (χ4v) is 3.45. The van der Waals surface area contributed by atoms with Gasteiger partial charge in [0.25, 0.3) is 0 Å². The molecule has 2 rings (SSSR count). The zero-order valence-corrected chi connectivity index (χ0v) is 21.7. The van der Waals surface area contributed by atoms with Crippen LogP contribution in [0.2, 0.25) is 0 Å². The molecule has 0 bridgehead atoms. The first-order valence-corrected chi connectivity index (χ1v) is 12.3. The Balaban J connectivity index is 1.71. The molecular formula is C31H36O6. The van der Waals surface area contributed by atoms with Gasteiger partial charge in [-0.05, 0) is 60.4 Å². The molecule has 0 aliphatic rings. The van der Waals surface area contributed by atoms with Crippen LogP contribution in [0.15, 0.2) is 98.5 Å². The molecule has 0 spiro atoms. The predicted molar refractivity (Wildman–Crippen MR) is 145 cm³/mol. The maximum Gasteiger partial charge on any atom is 0.310 e. The molecule has 2 aromatic rings. The van der Waals surface area contributed by atoms with E-state index in [2.05, 4.69) is 56.0 Å². The number of carbonyl (C=O) groups excluding carboxylic acids is 2. The van der Waals surface area contributed by atoms with E-state index in [4.69, 9.17) is 14.2 Å². The first-order chi connectivity index (χ1) is 17.9. The second-order valence-electron chi connectivity index (χ2n) is 8.69. The predicted octanol–water partition coefficient (Wildman–Crippen LogP) is 6.82. The first kappa shape index (κ1) is 29.2. The summed E-state index contributed by atoms with van der Waals surface area (Å²) in [5.41, 5.74) is 2.20. The first-order valence-electron chi connectivity index (χ1n) is 12.3. The molecule has 196 valence electrons. The van der Waals surface area contributed by atoms with Gasteiger partial charge in [0.15, 0.2) is 0 Å². The lowest BCUT2D eigenvalue weighted by Gasteiger charge is -2.26. The third-order valence-corrected chi connectivity index (χ3v) is 5.62. The molecule has 6 nitrogen and oxygen atoms in total. The van der Waals surface area contributed by atoms with E-state index < -0.39 is 0 Å². The summed E-state index contributed by atoms with van der Waals surface area (Å²) in [6.45, 7) is 12.2. The van der Waals surface area contributed by atoms with Crippen molar-refractivity contribution >= 4 is 11.9 Å². The lowest BCUT2D eigenvalue weighted by molar-refractivity contribution is -0.140. The average molecular weight is 505 g/mol. The molecule has 0 aliphatic heterocycles. The molecule has 0 N–H and O–H groups in total. The maximum absolute atomic E-state index is 11.7. The number of rotatable bonds is 16. The fourth-order valence-electron chi connectivity index (χ4n) is 3.45. The second kappa shape index (κ2) is 15.8. The third kappa shape index (κ3) is 10.6. The van der Waals surface area contributed by atoms with Gasteiger partial charge in [0.1, 0.15) is 24.7 Å². The fraction of sp³-hybridized carbons (Fsp3) is 0.290. The van der Waals surface area contributed by atoms with E-state index in [1.54, 1.807) is 18.2 Å². The third-order valence-electron chi connectivity index (χ3n) is 5.62. The van der Waals surface area contributed by atoms with Crippen LogP contribution in [0.1, 0.15) is 50.7 Å². The monoisotopic (exact) mass is 504 g/mol. The molecule has 37 heavy (non-hydrogen) atoms. The topological polar surface area (TPSA) is 71.1 Å². The number of carbonyl (C=O) groups is 2. The minimum Gasteiger partial charge on any atom is -0.490 e. The maximum atomic E-state index is 11.7. The summed E-state index contributed by atoms with van der Waals surface area (Å²) in [5, 5.41) is 0. The van der Waals surface area contributed by atoms with Gasteiger partial charge in [0.05, 0.1) is 12.5 Å². The summed E-state index contributed by atoms with van der Waals surface area (Å²) in [5.74, 6) is 0.888. The minimum absolute atomic E-state index is 0.172. The van der Waals surface area contributed by atoms with Gasteiger partial charge in [-0.2, -0.15) is 0 Å². The largest absolute Gasteiger partial charge is 0.490 e.